The van der Waals surface area contributed by atoms with Crippen molar-refractivity contribution in [3.8, 4) is 0 Å². The molecule has 0 aliphatic heterocycles. The zero-order valence-electron chi connectivity index (χ0n) is 21.3. The van der Waals surface area contributed by atoms with Crippen LogP contribution in [-0.2, 0) is 23.4 Å². The van der Waals surface area contributed by atoms with Crippen LogP contribution in [0, 0.1) is 0 Å². The Balaban J connectivity index is 1.62. The van der Waals surface area contributed by atoms with E-state index < -0.39 is 5.54 Å². The van der Waals surface area contributed by atoms with Gasteiger partial charge >= 0.3 is 6.03 Å². The summed E-state index contributed by atoms with van der Waals surface area (Å²) in [6.45, 7) is 3.62. The summed E-state index contributed by atoms with van der Waals surface area (Å²) in [5, 5.41) is 8.95. The molecule has 5 N–H and O–H groups in total. The first-order valence-corrected chi connectivity index (χ1v) is 12.9. The van der Waals surface area contributed by atoms with Crippen molar-refractivity contribution in [2.24, 2.45) is 10.7 Å². The van der Waals surface area contributed by atoms with E-state index in [0.717, 1.165) is 55.1 Å². The molecule has 3 rings (SSSR count). The van der Waals surface area contributed by atoms with E-state index in [1.807, 2.05) is 54.6 Å². The summed E-state index contributed by atoms with van der Waals surface area (Å²) in [5.41, 5.74) is 9.49. The van der Waals surface area contributed by atoms with E-state index in [-0.39, 0.29) is 12.0 Å². The van der Waals surface area contributed by atoms with Gasteiger partial charge < -0.3 is 26.5 Å². The summed E-state index contributed by atoms with van der Waals surface area (Å²) in [5.74, 6) is 0.233. The Hall–Kier alpha value is -3.61. The molecule has 2 aromatic carbocycles. The van der Waals surface area contributed by atoms with Crippen LogP contribution < -0.4 is 21.7 Å². The zero-order valence-corrected chi connectivity index (χ0v) is 21.3. The molecule has 192 valence electrons. The number of nitrogens with zero attached hydrogens (tertiary/aromatic N) is 1. The highest BCUT2D eigenvalue weighted by Gasteiger charge is 2.33. The van der Waals surface area contributed by atoms with Crippen molar-refractivity contribution in [3.63, 3.8) is 0 Å². The molecule has 1 aliphatic rings. The first-order chi connectivity index (χ1) is 17.5. The SMILES string of the molecule is CCCCNC(=O)NCc1ccc(CN=C(N)NC(C=O)(CC2=CCCCC2)c2ccccc2)cc1. The number of benzene rings is 2. The van der Waals surface area contributed by atoms with Gasteiger partial charge in [-0.05, 0) is 48.8 Å². The van der Waals surface area contributed by atoms with Crippen molar-refractivity contribution in [2.45, 2.75) is 70.5 Å². The van der Waals surface area contributed by atoms with Crippen molar-refractivity contribution >= 4 is 18.3 Å². The average Bonchev–Trinajstić information content (AvgIpc) is 2.92. The molecule has 0 bridgehead atoms. The minimum atomic E-state index is -0.953. The van der Waals surface area contributed by atoms with E-state index in [2.05, 4.69) is 33.9 Å². The van der Waals surface area contributed by atoms with Gasteiger partial charge in [0.25, 0.3) is 0 Å². The molecule has 2 aromatic rings. The molecule has 1 unspecified atom stereocenters. The number of nitrogens with two attached hydrogens (primary N) is 1. The van der Waals surface area contributed by atoms with Crippen LogP contribution in [0.1, 0.15) is 68.6 Å². The molecule has 1 atom stereocenters. The molecule has 0 saturated carbocycles. The highest BCUT2D eigenvalue weighted by atomic mass is 16.2. The maximum Gasteiger partial charge on any atom is 0.315 e. The summed E-state index contributed by atoms with van der Waals surface area (Å²) in [6, 6.07) is 17.4. The molecule has 0 radical (unpaired) electrons. The second kappa shape index (κ2) is 14.1. The van der Waals surface area contributed by atoms with E-state index >= 15 is 0 Å². The second-order valence-corrected chi connectivity index (χ2v) is 9.35. The normalized spacial score (nSPS) is 15.4. The quantitative estimate of drug-likeness (QED) is 0.114. The molecule has 7 nitrogen and oxygen atoms in total. The molecule has 1 aliphatic carbocycles. The predicted octanol–water partition coefficient (Wildman–Crippen LogP) is 4.68. The molecule has 7 heteroatoms. The summed E-state index contributed by atoms with van der Waals surface area (Å²) in [7, 11) is 0. The number of amides is 2. The number of hydrogen-bond acceptors (Lipinski definition) is 3. The minimum absolute atomic E-state index is 0.156. The van der Waals surface area contributed by atoms with Gasteiger partial charge in [-0.1, -0.05) is 79.6 Å². The average molecular weight is 490 g/mol. The van der Waals surface area contributed by atoms with Gasteiger partial charge in [0.2, 0.25) is 0 Å². The second-order valence-electron chi connectivity index (χ2n) is 9.35. The fourth-order valence-electron chi connectivity index (χ4n) is 4.35. The number of hydrogen-bond donors (Lipinski definition) is 4. The van der Waals surface area contributed by atoms with Crippen LogP contribution in [0.25, 0.3) is 0 Å². The lowest BCUT2D eigenvalue weighted by Crippen LogP contribution is -2.50. The number of carbonyl (C=O) groups excluding carboxylic acids is 2. The fraction of sp³-hybridized carbons (Fsp3) is 0.414. The Labute approximate surface area is 214 Å². The van der Waals surface area contributed by atoms with Crippen molar-refractivity contribution in [3.05, 3.63) is 82.9 Å². The van der Waals surface area contributed by atoms with E-state index in [0.29, 0.717) is 26.1 Å². The molecule has 0 saturated heterocycles. The minimum Gasteiger partial charge on any atom is -0.370 e. The monoisotopic (exact) mass is 489 g/mol. The number of nitrogens with one attached hydrogen (secondary N) is 3. The first-order valence-electron chi connectivity index (χ1n) is 12.9. The van der Waals surface area contributed by atoms with Crippen LogP contribution in [0.4, 0.5) is 4.79 Å². The Morgan fingerprint density at radius 2 is 1.81 bits per heavy atom. The van der Waals surface area contributed by atoms with Gasteiger partial charge in [-0.25, -0.2) is 9.79 Å². The topological polar surface area (TPSA) is 109 Å². The number of rotatable bonds is 12. The maximum absolute atomic E-state index is 12.5. The van der Waals surface area contributed by atoms with Crippen molar-refractivity contribution in [1.29, 1.82) is 0 Å². The third kappa shape index (κ3) is 8.26. The van der Waals surface area contributed by atoms with Crippen LogP contribution in [0.3, 0.4) is 0 Å². The van der Waals surface area contributed by atoms with E-state index in [9.17, 15) is 9.59 Å². The molecule has 0 spiro atoms. The van der Waals surface area contributed by atoms with Crippen LogP contribution in [0.5, 0.6) is 0 Å². The molecule has 0 heterocycles. The fourth-order valence-corrected chi connectivity index (χ4v) is 4.35. The Morgan fingerprint density at radius 1 is 1.06 bits per heavy atom. The molecule has 0 aromatic heterocycles. The van der Waals surface area contributed by atoms with Gasteiger partial charge in [0.15, 0.2) is 5.96 Å². The summed E-state index contributed by atoms with van der Waals surface area (Å²) >= 11 is 0. The van der Waals surface area contributed by atoms with E-state index in [1.165, 1.54) is 12.0 Å². The van der Waals surface area contributed by atoms with Gasteiger partial charge in [-0.15, -0.1) is 0 Å². The third-order valence-electron chi connectivity index (χ3n) is 6.46. The Morgan fingerprint density at radius 3 is 2.47 bits per heavy atom. The summed E-state index contributed by atoms with van der Waals surface area (Å²) < 4.78 is 0. The first kappa shape index (κ1) is 27.0. The van der Waals surface area contributed by atoms with Gasteiger partial charge in [-0.2, -0.15) is 0 Å². The molecular formula is C29H39N5O2. The number of urea groups is 1. The number of aliphatic imine (C=N–C) groups is 1. The van der Waals surface area contributed by atoms with Gasteiger partial charge in [-0.3, -0.25) is 0 Å². The largest absolute Gasteiger partial charge is 0.370 e. The lowest BCUT2D eigenvalue weighted by atomic mass is 9.82. The lowest BCUT2D eigenvalue weighted by Gasteiger charge is -2.32. The van der Waals surface area contributed by atoms with Crippen molar-refractivity contribution < 1.29 is 9.59 Å². The summed E-state index contributed by atoms with van der Waals surface area (Å²) in [4.78, 5) is 28.8. The molecule has 36 heavy (non-hydrogen) atoms. The zero-order chi connectivity index (χ0) is 25.6. The Kier molecular flexibility index (Phi) is 10.5. The maximum atomic E-state index is 12.5. The summed E-state index contributed by atoms with van der Waals surface area (Å²) in [6.07, 6.45) is 10.2. The van der Waals surface area contributed by atoms with Gasteiger partial charge in [0, 0.05) is 19.5 Å². The highest BCUT2D eigenvalue weighted by molar-refractivity contribution is 5.84. The smallest absolute Gasteiger partial charge is 0.315 e. The van der Waals surface area contributed by atoms with Crippen LogP contribution in [-0.4, -0.2) is 24.8 Å². The Bertz CT molecular complexity index is 1030. The van der Waals surface area contributed by atoms with Crippen molar-refractivity contribution in [2.75, 3.05) is 6.54 Å². The molecular weight excluding hydrogens is 450 g/mol. The van der Waals surface area contributed by atoms with Crippen LogP contribution in [0.2, 0.25) is 0 Å². The lowest BCUT2D eigenvalue weighted by molar-refractivity contribution is -0.113. The highest BCUT2D eigenvalue weighted by Crippen LogP contribution is 2.31. The van der Waals surface area contributed by atoms with E-state index in [1.54, 1.807) is 0 Å². The number of aldehydes is 1. The third-order valence-corrected chi connectivity index (χ3v) is 6.46. The predicted molar refractivity (Wildman–Crippen MR) is 145 cm³/mol. The van der Waals surface area contributed by atoms with Crippen LogP contribution >= 0.6 is 0 Å². The van der Waals surface area contributed by atoms with Gasteiger partial charge in [0.1, 0.15) is 11.8 Å². The molecule has 0 fully saturated rings. The van der Waals surface area contributed by atoms with Gasteiger partial charge in [0.05, 0.1) is 6.54 Å². The number of guanidine groups is 1. The number of allylic oxidation sites excluding steroid dienone is 1. The number of unbranched alkanes of at least 4 members (excludes halogenated alkanes) is 1. The standard InChI is InChI=1S/C29H39N5O2/c1-2-3-18-31-28(36)33-21-25-16-14-24(15-17-25)20-32-27(30)34-29(22-35,26-12-8-5-9-13-26)19-23-10-6-4-7-11-23/h5,8-10,12-17,22H,2-4,6-7,11,18-21H2,1H3,(H3,30,32,34)(H2,31,33,36). The van der Waals surface area contributed by atoms with Crippen molar-refractivity contribution in [1.82, 2.24) is 16.0 Å². The van der Waals surface area contributed by atoms with E-state index in [4.69, 9.17) is 5.73 Å². The van der Waals surface area contributed by atoms with Crippen LogP contribution in [0.15, 0.2) is 71.2 Å². The molecule has 2 amide bonds. The number of carbonyl (C=O) groups is 2.